The molecule has 0 aliphatic heterocycles. The summed E-state index contributed by atoms with van der Waals surface area (Å²) in [5.74, 6) is -1.48. The van der Waals surface area contributed by atoms with Gasteiger partial charge in [-0.05, 0) is 75.4 Å². The molecule has 7 nitrogen and oxygen atoms in total. The monoisotopic (exact) mass is 597 g/mol. The molecule has 1 atom stereocenters. The highest BCUT2D eigenvalue weighted by Gasteiger charge is 2.33. The van der Waals surface area contributed by atoms with E-state index >= 15 is 0 Å². The Morgan fingerprint density at radius 2 is 1.63 bits per heavy atom. The van der Waals surface area contributed by atoms with E-state index in [1.165, 1.54) is 34.9 Å². The number of carbonyl (C=O) groups is 2. The van der Waals surface area contributed by atoms with Crippen molar-refractivity contribution in [2.24, 2.45) is 0 Å². The Morgan fingerprint density at radius 1 is 1.00 bits per heavy atom. The number of nitrogens with one attached hydrogen (secondary N) is 1. The molecule has 1 saturated carbocycles. The standard InChI is InChI=1S/C31H36FN3O4S2/c1-22-12-14-26(15-13-22)35(41(38,39)28-18-16-27(40-3)17-19-28)21-30(36)34(20-24-8-4-7-11-29(24)32)23(2)31(37)33-25-9-5-6-10-25/h4,7-8,11-19,23,25H,5-6,9-10,20-21H2,1-3H3,(H,33,37)/t23-/m0/s1. The zero-order valence-electron chi connectivity index (χ0n) is 23.5. The van der Waals surface area contributed by atoms with Gasteiger partial charge in [-0.3, -0.25) is 13.9 Å². The number of sulfonamides is 1. The van der Waals surface area contributed by atoms with Crippen LogP contribution in [0.2, 0.25) is 0 Å². The topological polar surface area (TPSA) is 86.8 Å². The van der Waals surface area contributed by atoms with Gasteiger partial charge in [0, 0.05) is 23.0 Å². The minimum atomic E-state index is -4.16. The van der Waals surface area contributed by atoms with Crippen LogP contribution in [0.4, 0.5) is 10.1 Å². The SMILES string of the molecule is CSc1ccc(S(=O)(=O)N(CC(=O)N(Cc2ccccc2F)[C@@H](C)C(=O)NC2CCCC2)c2ccc(C)cc2)cc1. The molecule has 4 rings (SSSR count). The Balaban J connectivity index is 1.69. The second-order valence-electron chi connectivity index (χ2n) is 10.3. The summed E-state index contributed by atoms with van der Waals surface area (Å²) in [6.45, 7) is 2.73. The molecule has 1 aliphatic carbocycles. The van der Waals surface area contributed by atoms with Gasteiger partial charge in [0.05, 0.1) is 10.6 Å². The first-order valence-electron chi connectivity index (χ1n) is 13.7. The van der Waals surface area contributed by atoms with Crippen molar-refractivity contribution in [3.8, 4) is 0 Å². The van der Waals surface area contributed by atoms with E-state index in [4.69, 9.17) is 0 Å². The van der Waals surface area contributed by atoms with Crippen molar-refractivity contribution in [1.82, 2.24) is 10.2 Å². The Morgan fingerprint density at radius 3 is 2.24 bits per heavy atom. The summed E-state index contributed by atoms with van der Waals surface area (Å²) >= 11 is 1.49. The molecular formula is C31H36FN3O4S2. The van der Waals surface area contributed by atoms with Crippen molar-refractivity contribution in [1.29, 1.82) is 0 Å². The largest absolute Gasteiger partial charge is 0.352 e. The van der Waals surface area contributed by atoms with Crippen LogP contribution >= 0.6 is 11.8 Å². The summed E-state index contributed by atoms with van der Waals surface area (Å²) in [5, 5.41) is 3.01. The fourth-order valence-corrected chi connectivity index (χ4v) is 6.72. The zero-order chi connectivity index (χ0) is 29.6. The van der Waals surface area contributed by atoms with Crippen LogP contribution in [0.1, 0.15) is 43.7 Å². The predicted octanol–water partition coefficient (Wildman–Crippen LogP) is 5.53. The number of amides is 2. The van der Waals surface area contributed by atoms with Crippen LogP contribution in [0.25, 0.3) is 0 Å². The molecular weight excluding hydrogens is 561 g/mol. The van der Waals surface area contributed by atoms with Gasteiger partial charge in [0.25, 0.3) is 10.0 Å². The third kappa shape index (κ3) is 7.48. The molecule has 0 radical (unpaired) electrons. The number of hydrogen-bond acceptors (Lipinski definition) is 5. The molecule has 41 heavy (non-hydrogen) atoms. The molecule has 1 aliphatic rings. The Bertz CT molecular complexity index is 1460. The van der Waals surface area contributed by atoms with Crippen molar-refractivity contribution in [2.75, 3.05) is 17.1 Å². The average molecular weight is 598 g/mol. The van der Waals surface area contributed by atoms with Crippen molar-refractivity contribution < 1.29 is 22.4 Å². The lowest BCUT2D eigenvalue weighted by Crippen LogP contribution is -2.52. The van der Waals surface area contributed by atoms with Gasteiger partial charge in [0.15, 0.2) is 0 Å². The second-order valence-corrected chi connectivity index (χ2v) is 13.0. The van der Waals surface area contributed by atoms with Crippen molar-refractivity contribution >= 4 is 39.3 Å². The molecule has 0 aromatic heterocycles. The highest BCUT2D eigenvalue weighted by Crippen LogP contribution is 2.27. The number of aryl methyl sites for hydroxylation is 1. The fourth-order valence-electron chi connectivity index (χ4n) is 4.90. The third-order valence-corrected chi connectivity index (χ3v) is 9.95. The highest BCUT2D eigenvalue weighted by atomic mass is 32.2. The van der Waals surface area contributed by atoms with E-state index in [1.54, 1.807) is 61.5 Å². The van der Waals surface area contributed by atoms with Gasteiger partial charge in [0.2, 0.25) is 11.8 Å². The number of carbonyl (C=O) groups excluding carboxylic acids is 2. The number of benzene rings is 3. The van der Waals surface area contributed by atoms with Crippen LogP contribution in [0.15, 0.2) is 82.6 Å². The smallest absolute Gasteiger partial charge is 0.264 e. The van der Waals surface area contributed by atoms with Crippen LogP contribution in [0, 0.1) is 12.7 Å². The first kappa shape index (κ1) is 30.6. The van der Waals surface area contributed by atoms with Crippen molar-refractivity contribution in [3.63, 3.8) is 0 Å². The molecule has 0 spiro atoms. The van der Waals surface area contributed by atoms with Crippen LogP contribution < -0.4 is 9.62 Å². The fraction of sp³-hybridized carbons (Fsp3) is 0.355. The molecule has 0 saturated heterocycles. The van der Waals surface area contributed by atoms with Crippen molar-refractivity contribution in [2.45, 2.75) is 68.0 Å². The molecule has 0 unspecified atom stereocenters. The van der Waals surface area contributed by atoms with Gasteiger partial charge in [-0.25, -0.2) is 12.8 Å². The Labute approximate surface area is 246 Å². The molecule has 2 amide bonds. The predicted molar refractivity (Wildman–Crippen MR) is 161 cm³/mol. The minimum absolute atomic E-state index is 0.0315. The van der Waals surface area contributed by atoms with Gasteiger partial charge in [-0.1, -0.05) is 48.7 Å². The van der Waals surface area contributed by atoms with Crippen LogP contribution in [0.3, 0.4) is 0 Å². The molecule has 3 aromatic carbocycles. The molecule has 0 bridgehead atoms. The van der Waals surface area contributed by atoms with Gasteiger partial charge in [-0.15, -0.1) is 11.8 Å². The molecule has 0 heterocycles. The molecule has 1 N–H and O–H groups in total. The van der Waals surface area contributed by atoms with E-state index in [9.17, 15) is 22.4 Å². The van der Waals surface area contributed by atoms with E-state index in [0.717, 1.165) is 40.4 Å². The highest BCUT2D eigenvalue weighted by molar-refractivity contribution is 7.98. The summed E-state index contributed by atoms with van der Waals surface area (Å²) in [6.07, 6.45) is 5.69. The van der Waals surface area contributed by atoms with E-state index < -0.39 is 34.3 Å². The minimum Gasteiger partial charge on any atom is -0.352 e. The first-order chi connectivity index (χ1) is 19.6. The van der Waals surface area contributed by atoms with E-state index in [-0.39, 0.29) is 29.0 Å². The van der Waals surface area contributed by atoms with Gasteiger partial charge in [-0.2, -0.15) is 0 Å². The van der Waals surface area contributed by atoms with Crippen molar-refractivity contribution in [3.05, 3.63) is 89.7 Å². The second kappa shape index (κ2) is 13.5. The van der Waals surface area contributed by atoms with Crippen LogP contribution in [0.5, 0.6) is 0 Å². The summed E-state index contributed by atoms with van der Waals surface area (Å²) in [5.41, 5.74) is 1.48. The Kier molecular flexibility index (Phi) is 10.1. The number of anilines is 1. The van der Waals surface area contributed by atoms with Gasteiger partial charge < -0.3 is 10.2 Å². The quantitative estimate of drug-likeness (QED) is 0.294. The summed E-state index contributed by atoms with van der Waals surface area (Å²) in [7, 11) is -4.16. The summed E-state index contributed by atoms with van der Waals surface area (Å²) < 4.78 is 43.6. The number of hydrogen-bond donors (Lipinski definition) is 1. The summed E-state index contributed by atoms with van der Waals surface area (Å²) in [6, 6.07) is 18.4. The summed E-state index contributed by atoms with van der Waals surface area (Å²) in [4.78, 5) is 29.4. The molecule has 1 fully saturated rings. The molecule has 3 aromatic rings. The maximum atomic E-state index is 14.7. The number of halogens is 1. The zero-order valence-corrected chi connectivity index (χ0v) is 25.2. The third-order valence-electron chi connectivity index (χ3n) is 7.42. The van der Waals surface area contributed by atoms with Gasteiger partial charge >= 0.3 is 0 Å². The van der Waals surface area contributed by atoms with E-state index in [1.807, 2.05) is 13.2 Å². The molecule has 10 heteroatoms. The lowest BCUT2D eigenvalue weighted by atomic mass is 10.1. The first-order valence-corrected chi connectivity index (χ1v) is 16.3. The van der Waals surface area contributed by atoms with Gasteiger partial charge in [0.1, 0.15) is 18.4 Å². The lowest BCUT2D eigenvalue weighted by molar-refractivity contribution is -0.139. The van der Waals surface area contributed by atoms with E-state index in [0.29, 0.717) is 5.69 Å². The normalized spacial score (nSPS) is 14.4. The maximum Gasteiger partial charge on any atom is 0.264 e. The lowest BCUT2D eigenvalue weighted by Gasteiger charge is -2.32. The van der Waals surface area contributed by atoms with Crippen LogP contribution in [-0.2, 0) is 26.2 Å². The molecule has 218 valence electrons. The number of nitrogens with zero attached hydrogens (tertiary/aromatic N) is 2. The van der Waals surface area contributed by atoms with E-state index in [2.05, 4.69) is 5.32 Å². The maximum absolute atomic E-state index is 14.7. The average Bonchev–Trinajstić information content (AvgIpc) is 3.48. The Hall–Kier alpha value is -3.37. The number of rotatable bonds is 11. The number of thioether (sulfide) groups is 1. The van der Waals surface area contributed by atoms with Crippen LogP contribution in [-0.4, -0.2) is 50.0 Å².